The van der Waals surface area contributed by atoms with E-state index in [9.17, 15) is 0 Å². The van der Waals surface area contributed by atoms with E-state index in [0.717, 1.165) is 11.3 Å². The summed E-state index contributed by atoms with van der Waals surface area (Å²) >= 11 is 11.9. The molecule has 3 N–H and O–H groups in total. The molecule has 8 heteroatoms. The third-order valence-corrected chi connectivity index (χ3v) is 3.75. The van der Waals surface area contributed by atoms with Crippen molar-refractivity contribution in [2.75, 3.05) is 25.6 Å². The number of methoxy groups -OCH3 is 1. The summed E-state index contributed by atoms with van der Waals surface area (Å²) in [6.45, 7) is 1.25. The van der Waals surface area contributed by atoms with Gasteiger partial charge in [-0.2, -0.15) is 0 Å². The highest BCUT2D eigenvalue weighted by Crippen LogP contribution is 2.23. The number of nitrogens with one attached hydrogen (secondary N) is 1. The van der Waals surface area contributed by atoms with Crippen LogP contribution in [0, 0.1) is 0 Å². The van der Waals surface area contributed by atoms with Crippen LogP contribution in [-0.2, 0) is 11.3 Å². The van der Waals surface area contributed by atoms with Crippen LogP contribution in [0.5, 0.6) is 5.75 Å². The Labute approximate surface area is 174 Å². The predicted molar refractivity (Wildman–Crippen MR) is 115 cm³/mol. The minimum absolute atomic E-state index is 0. The molecule has 2 aromatic rings. The molecule has 0 aromatic heterocycles. The third kappa shape index (κ3) is 7.27. The average molecular weight is 496 g/mol. The van der Waals surface area contributed by atoms with Gasteiger partial charge in [-0.05, 0) is 29.8 Å². The SMILES string of the molecule is COc1ccccc1NC(N)=NCCOCc1ccc(Cl)cc1Cl.I. The Balaban J connectivity index is 0.00000312. The highest BCUT2D eigenvalue weighted by Gasteiger charge is 2.03. The molecular formula is C17H20Cl2IN3O2. The van der Waals surface area contributed by atoms with Crippen molar-refractivity contribution in [1.29, 1.82) is 0 Å². The van der Waals surface area contributed by atoms with Crippen LogP contribution in [0.25, 0.3) is 0 Å². The number of anilines is 1. The van der Waals surface area contributed by atoms with Crippen molar-refractivity contribution in [3.8, 4) is 5.75 Å². The number of nitrogens with two attached hydrogens (primary N) is 1. The molecule has 25 heavy (non-hydrogen) atoms. The van der Waals surface area contributed by atoms with E-state index in [2.05, 4.69) is 10.3 Å². The van der Waals surface area contributed by atoms with Crippen LogP contribution in [0.4, 0.5) is 5.69 Å². The summed E-state index contributed by atoms with van der Waals surface area (Å²) in [5, 5.41) is 4.18. The molecule has 0 aliphatic heterocycles. The average Bonchev–Trinajstić information content (AvgIpc) is 2.57. The number of guanidine groups is 1. The minimum atomic E-state index is 0. The summed E-state index contributed by atoms with van der Waals surface area (Å²) in [5.74, 6) is 0.997. The molecule has 0 aliphatic rings. The first-order chi connectivity index (χ1) is 11.6. The second kappa shape index (κ2) is 11.4. The lowest BCUT2D eigenvalue weighted by Crippen LogP contribution is -2.23. The van der Waals surface area contributed by atoms with E-state index in [0.29, 0.717) is 41.5 Å². The minimum Gasteiger partial charge on any atom is -0.495 e. The molecule has 0 aliphatic carbocycles. The third-order valence-electron chi connectivity index (χ3n) is 3.16. The van der Waals surface area contributed by atoms with Crippen LogP contribution in [0.1, 0.15) is 5.56 Å². The second-order valence-corrected chi connectivity index (χ2v) is 5.72. The van der Waals surface area contributed by atoms with Gasteiger partial charge in [-0.1, -0.05) is 41.4 Å². The maximum absolute atomic E-state index is 6.08. The fraction of sp³-hybridized carbons (Fsp3) is 0.235. The topological polar surface area (TPSA) is 68.9 Å². The smallest absolute Gasteiger partial charge is 0.193 e. The molecular weight excluding hydrogens is 476 g/mol. The first-order valence-electron chi connectivity index (χ1n) is 7.32. The summed E-state index contributed by atoms with van der Waals surface area (Å²) in [7, 11) is 1.60. The molecule has 0 radical (unpaired) electrons. The number of benzene rings is 2. The van der Waals surface area contributed by atoms with Crippen molar-refractivity contribution in [1.82, 2.24) is 0 Å². The van der Waals surface area contributed by atoms with Crippen LogP contribution in [0.2, 0.25) is 10.0 Å². The first kappa shape index (κ1) is 21.8. The fourth-order valence-corrected chi connectivity index (χ4v) is 2.44. The Hall–Kier alpha value is -1.22. The molecule has 0 amide bonds. The molecule has 2 aromatic carbocycles. The molecule has 0 atom stereocenters. The lowest BCUT2D eigenvalue weighted by Gasteiger charge is -2.10. The van der Waals surface area contributed by atoms with Gasteiger partial charge in [0.15, 0.2) is 5.96 Å². The summed E-state index contributed by atoms with van der Waals surface area (Å²) in [4.78, 5) is 4.21. The van der Waals surface area contributed by atoms with Gasteiger partial charge in [0.25, 0.3) is 0 Å². The normalized spacial score (nSPS) is 10.9. The largest absolute Gasteiger partial charge is 0.495 e. The van der Waals surface area contributed by atoms with E-state index < -0.39 is 0 Å². The first-order valence-corrected chi connectivity index (χ1v) is 8.07. The number of ether oxygens (including phenoxy) is 2. The van der Waals surface area contributed by atoms with Gasteiger partial charge in [0, 0.05) is 10.0 Å². The molecule has 0 saturated carbocycles. The van der Waals surface area contributed by atoms with Crippen molar-refractivity contribution < 1.29 is 9.47 Å². The van der Waals surface area contributed by atoms with Crippen LogP contribution >= 0.6 is 47.2 Å². The van der Waals surface area contributed by atoms with Crippen LogP contribution in [0.3, 0.4) is 0 Å². The summed E-state index contributed by atoms with van der Waals surface area (Å²) < 4.78 is 10.8. The van der Waals surface area contributed by atoms with Gasteiger partial charge < -0.3 is 20.5 Å². The Kier molecular flexibility index (Phi) is 9.96. The Bertz CT molecular complexity index is 714. The zero-order valence-electron chi connectivity index (χ0n) is 13.7. The number of hydrogen-bond acceptors (Lipinski definition) is 3. The van der Waals surface area contributed by atoms with Crippen LogP contribution in [-0.4, -0.2) is 26.2 Å². The standard InChI is InChI=1S/C17H19Cl2N3O2.HI/c1-23-16-5-3-2-4-15(16)22-17(20)21-8-9-24-11-12-6-7-13(18)10-14(12)19;/h2-7,10H,8-9,11H2,1H3,(H3,20,21,22);1H. The Morgan fingerprint density at radius 3 is 2.68 bits per heavy atom. The van der Waals surface area contributed by atoms with Crippen LogP contribution in [0.15, 0.2) is 47.5 Å². The van der Waals surface area contributed by atoms with E-state index in [4.69, 9.17) is 38.4 Å². The molecule has 0 bridgehead atoms. The molecule has 0 unspecified atom stereocenters. The monoisotopic (exact) mass is 495 g/mol. The number of aliphatic imine (C=N–C) groups is 1. The highest BCUT2D eigenvalue weighted by atomic mass is 127. The fourth-order valence-electron chi connectivity index (χ4n) is 1.98. The van der Waals surface area contributed by atoms with E-state index in [1.807, 2.05) is 30.3 Å². The molecule has 0 spiro atoms. The van der Waals surface area contributed by atoms with Crippen molar-refractivity contribution >= 4 is 58.8 Å². The summed E-state index contributed by atoms with van der Waals surface area (Å²) in [5.41, 5.74) is 7.49. The lowest BCUT2D eigenvalue weighted by atomic mass is 10.2. The van der Waals surface area contributed by atoms with Gasteiger partial charge in [0.05, 0.1) is 32.6 Å². The van der Waals surface area contributed by atoms with Gasteiger partial charge >= 0.3 is 0 Å². The molecule has 136 valence electrons. The molecule has 0 saturated heterocycles. The van der Waals surface area contributed by atoms with E-state index in [1.165, 1.54) is 0 Å². The van der Waals surface area contributed by atoms with Crippen molar-refractivity contribution in [3.05, 3.63) is 58.1 Å². The zero-order chi connectivity index (χ0) is 17.4. The van der Waals surface area contributed by atoms with Gasteiger partial charge in [0.2, 0.25) is 0 Å². The summed E-state index contributed by atoms with van der Waals surface area (Å²) in [6.07, 6.45) is 0. The maximum atomic E-state index is 6.08. The van der Waals surface area contributed by atoms with Gasteiger partial charge in [-0.3, -0.25) is 4.99 Å². The second-order valence-electron chi connectivity index (χ2n) is 4.88. The predicted octanol–water partition coefficient (Wildman–Crippen LogP) is 4.56. The maximum Gasteiger partial charge on any atom is 0.193 e. The van der Waals surface area contributed by atoms with Crippen LogP contribution < -0.4 is 15.8 Å². The number of hydrogen-bond donors (Lipinski definition) is 2. The van der Waals surface area contributed by atoms with E-state index in [1.54, 1.807) is 19.2 Å². The molecule has 0 heterocycles. The number of nitrogens with zero attached hydrogens (tertiary/aromatic N) is 1. The van der Waals surface area contributed by atoms with Crippen molar-refractivity contribution in [2.24, 2.45) is 10.7 Å². The highest BCUT2D eigenvalue weighted by molar-refractivity contribution is 14.0. The Morgan fingerprint density at radius 2 is 1.96 bits per heavy atom. The quantitative estimate of drug-likeness (QED) is 0.255. The molecule has 2 rings (SSSR count). The molecule has 5 nitrogen and oxygen atoms in total. The number of rotatable bonds is 7. The van der Waals surface area contributed by atoms with Gasteiger partial charge in [0.1, 0.15) is 5.75 Å². The van der Waals surface area contributed by atoms with Gasteiger partial charge in [-0.15, -0.1) is 24.0 Å². The van der Waals surface area contributed by atoms with Gasteiger partial charge in [-0.25, -0.2) is 0 Å². The van der Waals surface area contributed by atoms with Crippen molar-refractivity contribution in [3.63, 3.8) is 0 Å². The lowest BCUT2D eigenvalue weighted by molar-refractivity contribution is 0.128. The van der Waals surface area contributed by atoms with E-state index >= 15 is 0 Å². The summed E-state index contributed by atoms with van der Waals surface area (Å²) in [6, 6.07) is 12.8. The van der Waals surface area contributed by atoms with Crippen molar-refractivity contribution in [2.45, 2.75) is 6.61 Å². The number of halogens is 3. The zero-order valence-corrected chi connectivity index (χ0v) is 17.5. The Morgan fingerprint density at radius 1 is 1.20 bits per heavy atom. The van der Waals surface area contributed by atoms with E-state index in [-0.39, 0.29) is 24.0 Å². The number of para-hydroxylation sites is 2. The molecule has 0 fully saturated rings.